The maximum Gasteiger partial charge on any atom is 0.301 e. The lowest BCUT2D eigenvalue weighted by Gasteiger charge is -2.38. The average molecular weight is 591 g/mol. The molecule has 5 rings (SSSR count). The number of nitrogens with zero attached hydrogens (tertiary/aromatic N) is 5. The fourth-order valence-electron chi connectivity index (χ4n) is 5.57. The number of carbonyl (C=O) groups excluding carboxylic acids is 1. The van der Waals surface area contributed by atoms with Gasteiger partial charge in [-0.3, -0.25) is 4.79 Å². The number of ether oxygens (including phenoxy) is 1. The minimum atomic E-state index is -3.33. The monoisotopic (exact) mass is 590 g/mol. The Bertz CT molecular complexity index is 1480. The number of likely N-dealkylation sites (tertiary alicyclic amines) is 1. The Morgan fingerprint density at radius 3 is 2.70 bits per heavy atom. The number of amides is 1. The van der Waals surface area contributed by atoms with Crippen LogP contribution in [0.5, 0.6) is 5.75 Å². The lowest BCUT2D eigenvalue weighted by atomic mass is 9.95. The zero-order valence-electron chi connectivity index (χ0n) is 24.3. The van der Waals surface area contributed by atoms with E-state index in [1.807, 2.05) is 12.1 Å². The number of aliphatic hydroxyl groups excluding tert-OH is 1. The number of rotatable bonds is 8. The number of anilines is 3. The van der Waals surface area contributed by atoms with E-state index in [0.29, 0.717) is 17.3 Å². The first kappa shape index (κ1) is 30.2. The molecule has 0 saturated carbocycles. The summed E-state index contributed by atoms with van der Waals surface area (Å²) in [6.07, 6.45) is 7.85. The van der Waals surface area contributed by atoms with Gasteiger partial charge in [-0.25, -0.2) is 18.7 Å². The lowest BCUT2D eigenvalue weighted by molar-refractivity contribution is -0.165. The van der Waals surface area contributed by atoms with Crippen LogP contribution in [0, 0.1) is 18.3 Å². The molecule has 2 aliphatic rings. The van der Waals surface area contributed by atoms with Crippen LogP contribution in [-0.2, 0) is 4.79 Å². The Labute approximate surface area is 250 Å². The third-order valence-corrected chi connectivity index (χ3v) is 8.02. The van der Waals surface area contributed by atoms with Crippen LogP contribution in [0.25, 0.3) is 11.4 Å². The van der Waals surface area contributed by atoms with Crippen LogP contribution in [0.1, 0.15) is 45.1 Å². The largest absolute Gasteiger partial charge is 0.483 e. The van der Waals surface area contributed by atoms with E-state index in [1.54, 1.807) is 12.1 Å². The maximum atomic E-state index is 14.9. The first-order valence-electron chi connectivity index (χ1n) is 14.6. The van der Waals surface area contributed by atoms with Crippen molar-refractivity contribution in [2.45, 2.75) is 57.7 Å². The van der Waals surface area contributed by atoms with Gasteiger partial charge < -0.3 is 25.0 Å². The van der Waals surface area contributed by atoms with Gasteiger partial charge in [-0.1, -0.05) is 19.3 Å². The van der Waals surface area contributed by atoms with Crippen molar-refractivity contribution in [1.82, 2.24) is 19.9 Å². The minimum absolute atomic E-state index is 0.0361. The standard InChI is InChI=1S/C32H36F2N6O3/c1-4-22-7-6-15-39(18-22)26-11-9-25(10-12-26)37-31-36-20-35-29(38-31)24-8-13-27(23(5-2)17-24)43-28-14-16-40(19-32(28,33)34)30(42)21(3)41/h2,8-13,17,20-22,28,41H,4,6-7,14-16,18-19H2,1,3H3,(H,35,36,37,38)/t21-,22+,28-/m0/s1. The molecule has 2 aliphatic heterocycles. The molecule has 1 amide bonds. The number of aromatic nitrogens is 3. The summed E-state index contributed by atoms with van der Waals surface area (Å²) in [6.45, 7) is 4.84. The fraction of sp³-hybridized carbons (Fsp3) is 0.438. The molecule has 0 spiro atoms. The second kappa shape index (κ2) is 12.9. The van der Waals surface area contributed by atoms with Gasteiger partial charge in [0.15, 0.2) is 11.9 Å². The molecule has 0 bridgehead atoms. The number of benzene rings is 2. The quantitative estimate of drug-likeness (QED) is 0.358. The molecule has 0 aliphatic carbocycles. The van der Waals surface area contributed by atoms with Crippen molar-refractivity contribution in [2.75, 3.05) is 36.4 Å². The van der Waals surface area contributed by atoms with E-state index in [9.17, 15) is 18.7 Å². The van der Waals surface area contributed by atoms with Gasteiger partial charge in [-0.2, -0.15) is 4.98 Å². The smallest absolute Gasteiger partial charge is 0.301 e. The van der Waals surface area contributed by atoms with E-state index in [2.05, 4.69) is 50.1 Å². The second-order valence-corrected chi connectivity index (χ2v) is 11.1. The number of terminal acetylenes is 1. The van der Waals surface area contributed by atoms with Crippen molar-refractivity contribution >= 4 is 23.2 Å². The Kier molecular flexibility index (Phi) is 9.06. The van der Waals surface area contributed by atoms with Gasteiger partial charge in [-0.15, -0.1) is 6.42 Å². The summed E-state index contributed by atoms with van der Waals surface area (Å²) < 4.78 is 35.5. The van der Waals surface area contributed by atoms with Crippen LogP contribution in [0.3, 0.4) is 0 Å². The normalized spacial score (nSPS) is 20.7. The Hall–Kier alpha value is -4.30. The molecule has 2 saturated heterocycles. The van der Waals surface area contributed by atoms with Gasteiger partial charge in [0.25, 0.3) is 5.91 Å². The molecular formula is C32H36F2N6O3. The molecule has 2 N–H and O–H groups in total. The predicted octanol–water partition coefficient (Wildman–Crippen LogP) is 4.89. The van der Waals surface area contributed by atoms with Crippen LogP contribution >= 0.6 is 0 Å². The SMILES string of the molecule is C#Cc1cc(-c2ncnc(Nc3ccc(N4CCC[C@@H](CC)C4)cc3)n2)ccc1O[C@H]1CCN(C(=O)[C@H](C)O)CC1(F)F. The summed E-state index contributed by atoms with van der Waals surface area (Å²) in [5, 5.41) is 12.7. The summed E-state index contributed by atoms with van der Waals surface area (Å²) in [5.41, 5.74) is 2.87. The Balaban J connectivity index is 1.26. The predicted molar refractivity (Wildman–Crippen MR) is 160 cm³/mol. The summed E-state index contributed by atoms with van der Waals surface area (Å²) in [7, 11) is 0. The van der Waals surface area contributed by atoms with Gasteiger partial charge in [0.1, 0.15) is 18.2 Å². The van der Waals surface area contributed by atoms with Crippen molar-refractivity contribution in [3.8, 4) is 29.5 Å². The minimum Gasteiger partial charge on any atom is -0.483 e. The molecule has 0 radical (unpaired) electrons. The number of nitrogens with one attached hydrogen (secondary N) is 1. The molecule has 226 valence electrons. The molecule has 3 aromatic rings. The van der Waals surface area contributed by atoms with E-state index < -0.39 is 30.6 Å². The molecule has 9 nitrogen and oxygen atoms in total. The second-order valence-electron chi connectivity index (χ2n) is 11.1. The number of carbonyl (C=O) groups is 1. The van der Waals surface area contributed by atoms with Crippen LogP contribution in [-0.4, -0.2) is 75.2 Å². The number of piperidine rings is 2. The van der Waals surface area contributed by atoms with Gasteiger partial charge in [0.05, 0.1) is 12.1 Å². The fourth-order valence-corrected chi connectivity index (χ4v) is 5.57. The van der Waals surface area contributed by atoms with Crippen molar-refractivity contribution in [3.05, 3.63) is 54.4 Å². The van der Waals surface area contributed by atoms with Crippen molar-refractivity contribution in [3.63, 3.8) is 0 Å². The zero-order valence-corrected chi connectivity index (χ0v) is 24.3. The molecule has 2 fully saturated rings. The van der Waals surface area contributed by atoms with E-state index >= 15 is 0 Å². The van der Waals surface area contributed by atoms with E-state index in [1.165, 1.54) is 44.3 Å². The lowest BCUT2D eigenvalue weighted by Crippen LogP contribution is -2.56. The summed E-state index contributed by atoms with van der Waals surface area (Å²) in [5.74, 6) is -0.00624. The third kappa shape index (κ3) is 7.03. The number of halogens is 2. The zero-order chi connectivity index (χ0) is 30.6. The molecule has 11 heteroatoms. The highest BCUT2D eigenvalue weighted by atomic mass is 19.3. The number of alkyl halides is 2. The van der Waals surface area contributed by atoms with E-state index in [4.69, 9.17) is 11.2 Å². The number of aliphatic hydroxyl groups is 1. The van der Waals surface area contributed by atoms with Gasteiger partial charge in [0, 0.05) is 43.0 Å². The van der Waals surface area contributed by atoms with Crippen LogP contribution in [0.4, 0.5) is 26.1 Å². The highest BCUT2D eigenvalue weighted by molar-refractivity contribution is 5.80. The van der Waals surface area contributed by atoms with Gasteiger partial charge in [0.2, 0.25) is 5.95 Å². The molecule has 3 atom stereocenters. The first-order chi connectivity index (χ1) is 20.7. The average Bonchev–Trinajstić information content (AvgIpc) is 3.02. The topological polar surface area (TPSA) is 104 Å². The molecule has 43 heavy (non-hydrogen) atoms. The number of hydrogen-bond acceptors (Lipinski definition) is 8. The third-order valence-electron chi connectivity index (χ3n) is 8.02. The molecule has 2 aromatic carbocycles. The Morgan fingerprint density at radius 1 is 1.21 bits per heavy atom. The summed E-state index contributed by atoms with van der Waals surface area (Å²) >= 11 is 0. The first-order valence-corrected chi connectivity index (χ1v) is 14.6. The summed E-state index contributed by atoms with van der Waals surface area (Å²) in [6, 6.07) is 13.0. The van der Waals surface area contributed by atoms with E-state index in [0.717, 1.165) is 29.6 Å². The van der Waals surface area contributed by atoms with Crippen LogP contribution in [0.2, 0.25) is 0 Å². The molecular weight excluding hydrogens is 554 g/mol. The van der Waals surface area contributed by atoms with Crippen molar-refractivity contribution in [2.24, 2.45) is 5.92 Å². The maximum absolute atomic E-state index is 14.9. The molecule has 1 aromatic heterocycles. The van der Waals surface area contributed by atoms with Crippen LogP contribution in [0.15, 0.2) is 48.8 Å². The van der Waals surface area contributed by atoms with Gasteiger partial charge >= 0.3 is 5.92 Å². The van der Waals surface area contributed by atoms with Crippen molar-refractivity contribution < 1.29 is 23.4 Å². The van der Waals surface area contributed by atoms with Crippen molar-refractivity contribution in [1.29, 1.82) is 0 Å². The number of hydrogen-bond donors (Lipinski definition) is 2. The molecule has 0 unspecified atom stereocenters. The summed E-state index contributed by atoms with van der Waals surface area (Å²) in [4.78, 5) is 28.4. The highest BCUT2D eigenvalue weighted by Crippen LogP contribution is 2.34. The van der Waals surface area contributed by atoms with Gasteiger partial charge in [-0.05, 0) is 68.1 Å². The highest BCUT2D eigenvalue weighted by Gasteiger charge is 2.48. The van der Waals surface area contributed by atoms with Crippen LogP contribution < -0.4 is 15.0 Å². The van der Waals surface area contributed by atoms with E-state index in [-0.39, 0.29) is 24.3 Å². The Morgan fingerprint density at radius 2 is 2.00 bits per heavy atom. The molecule has 3 heterocycles.